The lowest BCUT2D eigenvalue weighted by molar-refractivity contribution is 0.411. The maximum absolute atomic E-state index is 4.83. The molecule has 0 spiro atoms. The summed E-state index contributed by atoms with van der Waals surface area (Å²) in [5, 5.41) is 3.70. The second-order valence-electron chi connectivity index (χ2n) is 5.91. The van der Waals surface area contributed by atoms with Gasteiger partial charge in [-0.05, 0) is 30.6 Å². The molecule has 2 aliphatic rings. The first-order valence-electron chi connectivity index (χ1n) is 6.65. The molecule has 0 radical (unpaired) electrons. The first-order valence-corrected chi connectivity index (χ1v) is 7.53. The summed E-state index contributed by atoms with van der Waals surface area (Å²) in [6.07, 6.45) is 8.15. The third-order valence-electron chi connectivity index (χ3n) is 4.86. The molecular formula is C14H21NS. The summed E-state index contributed by atoms with van der Waals surface area (Å²) in [4.78, 5) is 4.83. The normalized spacial score (nSPS) is 33.8. The summed E-state index contributed by atoms with van der Waals surface area (Å²) in [6, 6.07) is 0. The van der Waals surface area contributed by atoms with Gasteiger partial charge in [-0.1, -0.05) is 26.7 Å². The third-order valence-corrected chi connectivity index (χ3v) is 5.75. The second kappa shape index (κ2) is 3.83. The minimum Gasteiger partial charge on any atom is -0.246 e. The number of hydrogen-bond donors (Lipinski definition) is 0. The highest BCUT2D eigenvalue weighted by Gasteiger charge is 2.48. The molecule has 16 heavy (non-hydrogen) atoms. The molecule has 0 aliphatic heterocycles. The van der Waals surface area contributed by atoms with Crippen LogP contribution in [-0.2, 0) is 6.42 Å². The predicted octanol–water partition coefficient (Wildman–Crippen LogP) is 4.39. The van der Waals surface area contributed by atoms with E-state index in [-0.39, 0.29) is 0 Å². The van der Waals surface area contributed by atoms with Crippen LogP contribution in [0.3, 0.4) is 0 Å². The van der Waals surface area contributed by atoms with Crippen LogP contribution < -0.4 is 0 Å². The number of nitrogens with zero attached hydrogens (tertiary/aromatic N) is 1. The van der Waals surface area contributed by atoms with Gasteiger partial charge in [0.1, 0.15) is 0 Å². The van der Waals surface area contributed by atoms with Gasteiger partial charge in [0.25, 0.3) is 0 Å². The minimum atomic E-state index is 0.641. The van der Waals surface area contributed by atoms with Gasteiger partial charge < -0.3 is 0 Å². The van der Waals surface area contributed by atoms with E-state index in [9.17, 15) is 0 Å². The van der Waals surface area contributed by atoms with Crippen molar-refractivity contribution in [2.75, 3.05) is 0 Å². The second-order valence-corrected chi connectivity index (χ2v) is 6.85. The average molecular weight is 235 g/mol. The molecule has 1 aromatic heterocycles. The van der Waals surface area contributed by atoms with Crippen molar-refractivity contribution in [2.24, 2.45) is 11.3 Å². The van der Waals surface area contributed by atoms with Crippen molar-refractivity contribution in [3.05, 3.63) is 16.1 Å². The lowest BCUT2D eigenvalue weighted by Crippen LogP contribution is -2.09. The quantitative estimate of drug-likeness (QED) is 0.754. The molecule has 0 N–H and O–H groups in total. The van der Waals surface area contributed by atoms with E-state index in [4.69, 9.17) is 4.98 Å². The molecule has 1 aromatic rings. The fraction of sp³-hybridized carbons (Fsp3) is 0.786. The molecule has 88 valence electrons. The van der Waals surface area contributed by atoms with Crippen LogP contribution in [0.4, 0.5) is 0 Å². The minimum absolute atomic E-state index is 0.641. The first kappa shape index (κ1) is 10.8. The standard InChI is InChI=1S/C14H21NS/c1-3-14(2)8-11(14)7-13-15-12(9-16-13)10-5-4-6-10/h9-11H,3-8H2,1-2H3/t11-,14?/m1/s1. The zero-order valence-electron chi connectivity index (χ0n) is 10.3. The molecule has 1 heterocycles. The first-order chi connectivity index (χ1) is 7.71. The van der Waals surface area contributed by atoms with Crippen LogP contribution in [0.25, 0.3) is 0 Å². The van der Waals surface area contributed by atoms with Gasteiger partial charge in [0.05, 0.1) is 10.7 Å². The SMILES string of the molecule is CCC1(C)C[C@H]1Cc1nc(C2CCC2)cs1. The Morgan fingerprint density at radius 2 is 2.31 bits per heavy atom. The Hall–Kier alpha value is -0.370. The molecule has 2 atom stereocenters. The molecule has 1 nitrogen and oxygen atoms in total. The molecule has 2 heteroatoms. The van der Waals surface area contributed by atoms with E-state index >= 15 is 0 Å². The van der Waals surface area contributed by atoms with E-state index < -0.39 is 0 Å². The highest BCUT2D eigenvalue weighted by atomic mass is 32.1. The van der Waals surface area contributed by atoms with E-state index in [0.29, 0.717) is 5.41 Å². The van der Waals surface area contributed by atoms with E-state index in [0.717, 1.165) is 11.8 Å². The van der Waals surface area contributed by atoms with Crippen LogP contribution in [0.15, 0.2) is 5.38 Å². The topological polar surface area (TPSA) is 12.9 Å². The number of thiazole rings is 1. The van der Waals surface area contributed by atoms with E-state index in [1.807, 2.05) is 11.3 Å². The number of aromatic nitrogens is 1. The summed E-state index contributed by atoms with van der Waals surface area (Å²) in [5.74, 6) is 1.72. The van der Waals surface area contributed by atoms with Crippen molar-refractivity contribution < 1.29 is 0 Å². The molecule has 2 fully saturated rings. The predicted molar refractivity (Wildman–Crippen MR) is 68.9 cm³/mol. The summed E-state index contributed by atoms with van der Waals surface area (Å²) in [6.45, 7) is 4.75. The lowest BCUT2D eigenvalue weighted by atomic mass is 9.83. The summed E-state index contributed by atoms with van der Waals surface area (Å²) in [7, 11) is 0. The van der Waals surface area contributed by atoms with Gasteiger partial charge in [0.15, 0.2) is 0 Å². The molecule has 0 amide bonds. The van der Waals surface area contributed by atoms with Crippen molar-refractivity contribution in [2.45, 2.75) is 58.3 Å². The van der Waals surface area contributed by atoms with Crippen molar-refractivity contribution in [1.82, 2.24) is 4.98 Å². The van der Waals surface area contributed by atoms with Crippen molar-refractivity contribution >= 4 is 11.3 Å². The summed E-state index contributed by atoms with van der Waals surface area (Å²) in [5.41, 5.74) is 2.03. The van der Waals surface area contributed by atoms with Crippen molar-refractivity contribution in [3.63, 3.8) is 0 Å². The molecule has 2 saturated carbocycles. The highest BCUT2D eigenvalue weighted by Crippen LogP contribution is 2.56. The van der Waals surface area contributed by atoms with Crippen molar-refractivity contribution in [1.29, 1.82) is 0 Å². The molecule has 0 saturated heterocycles. The van der Waals surface area contributed by atoms with Gasteiger partial charge in [-0.15, -0.1) is 11.3 Å². The van der Waals surface area contributed by atoms with Gasteiger partial charge in [-0.25, -0.2) is 4.98 Å². The molecule has 0 bridgehead atoms. The largest absolute Gasteiger partial charge is 0.246 e. The van der Waals surface area contributed by atoms with Crippen LogP contribution >= 0.6 is 11.3 Å². The molecular weight excluding hydrogens is 214 g/mol. The Morgan fingerprint density at radius 1 is 1.50 bits per heavy atom. The van der Waals surface area contributed by atoms with Gasteiger partial charge in [-0.3, -0.25) is 0 Å². The van der Waals surface area contributed by atoms with Gasteiger partial charge in [0, 0.05) is 17.7 Å². The zero-order chi connectivity index (χ0) is 11.2. The Balaban J connectivity index is 1.61. The van der Waals surface area contributed by atoms with E-state index in [2.05, 4.69) is 19.2 Å². The van der Waals surface area contributed by atoms with Crippen LogP contribution in [0, 0.1) is 11.3 Å². The Bertz CT molecular complexity index is 380. The molecule has 3 rings (SSSR count). The smallest absolute Gasteiger partial charge is 0.0931 e. The Kier molecular flexibility index (Phi) is 2.58. The van der Waals surface area contributed by atoms with Crippen LogP contribution in [0.1, 0.15) is 62.6 Å². The van der Waals surface area contributed by atoms with Crippen LogP contribution in [0.5, 0.6) is 0 Å². The summed E-state index contributed by atoms with van der Waals surface area (Å²) >= 11 is 1.90. The lowest BCUT2D eigenvalue weighted by Gasteiger charge is -2.23. The monoisotopic (exact) mass is 235 g/mol. The third kappa shape index (κ3) is 1.81. The van der Waals surface area contributed by atoms with E-state index in [1.165, 1.54) is 49.2 Å². The van der Waals surface area contributed by atoms with Crippen molar-refractivity contribution in [3.8, 4) is 0 Å². The Morgan fingerprint density at radius 3 is 2.88 bits per heavy atom. The van der Waals surface area contributed by atoms with Crippen LogP contribution in [-0.4, -0.2) is 4.98 Å². The fourth-order valence-electron chi connectivity index (χ4n) is 2.78. The van der Waals surface area contributed by atoms with Gasteiger partial charge in [0.2, 0.25) is 0 Å². The van der Waals surface area contributed by atoms with E-state index in [1.54, 1.807) is 0 Å². The van der Waals surface area contributed by atoms with Crippen LogP contribution in [0.2, 0.25) is 0 Å². The van der Waals surface area contributed by atoms with Gasteiger partial charge in [-0.2, -0.15) is 0 Å². The maximum Gasteiger partial charge on any atom is 0.0931 e. The molecule has 2 aliphatic carbocycles. The summed E-state index contributed by atoms with van der Waals surface area (Å²) < 4.78 is 0. The highest BCUT2D eigenvalue weighted by molar-refractivity contribution is 7.09. The Labute approximate surface area is 102 Å². The molecule has 0 aromatic carbocycles. The fourth-order valence-corrected chi connectivity index (χ4v) is 3.73. The molecule has 1 unspecified atom stereocenters. The average Bonchev–Trinajstić information content (AvgIpc) is 2.62. The van der Waals surface area contributed by atoms with Gasteiger partial charge >= 0.3 is 0 Å². The maximum atomic E-state index is 4.83. The zero-order valence-corrected chi connectivity index (χ0v) is 11.1. The number of rotatable bonds is 4. The number of hydrogen-bond acceptors (Lipinski definition) is 2.